The zero-order chi connectivity index (χ0) is 25.7. The Bertz CT molecular complexity index is 1200. The molecule has 2 aromatic heterocycles. The topological polar surface area (TPSA) is 140 Å². The number of amides is 4. The van der Waals surface area contributed by atoms with E-state index in [0.29, 0.717) is 25.0 Å². The molecule has 10 heteroatoms. The summed E-state index contributed by atoms with van der Waals surface area (Å²) in [4.78, 5) is 39.3. The second-order valence-electron chi connectivity index (χ2n) is 9.25. The number of carbonyl (C=O) groups is 2. The Morgan fingerprint density at radius 1 is 0.639 bits per heavy atom. The van der Waals surface area contributed by atoms with Crippen molar-refractivity contribution in [3.8, 4) is 0 Å². The average molecular weight is 491 g/mol. The molecule has 0 spiro atoms. The molecule has 4 amide bonds. The lowest BCUT2D eigenvalue weighted by molar-refractivity contribution is 0.250. The number of hydrogen-bond donors (Lipinski definition) is 6. The first-order valence-corrected chi connectivity index (χ1v) is 12.3. The number of nitrogens with zero attached hydrogens (tertiary/aromatic N) is 2. The third-order valence-corrected chi connectivity index (χ3v) is 6.33. The van der Waals surface area contributed by atoms with Crippen molar-refractivity contribution in [2.45, 2.75) is 53.4 Å². The van der Waals surface area contributed by atoms with E-state index in [-0.39, 0.29) is 12.1 Å². The third kappa shape index (κ3) is 6.32. The molecule has 0 saturated heterocycles. The number of urea groups is 2. The van der Waals surface area contributed by atoms with E-state index >= 15 is 0 Å². The number of hydrogen-bond acceptors (Lipinski definition) is 4. The van der Waals surface area contributed by atoms with Gasteiger partial charge in [-0.3, -0.25) is 10.6 Å². The van der Waals surface area contributed by atoms with Crippen molar-refractivity contribution >= 4 is 46.0 Å². The Hall–Kier alpha value is -4.08. The molecule has 0 aliphatic heterocycles. The van der Waals surface area contributed by atoms with E-state index in [9.17, 15) is 9.59 Å². The third-order valence-electron chi connectivity index (χ3n) is 6.33. The van der Waals surface area contributed by atoms with E-state index in [2.05, 4.69) is 41.2 Å². The van der Waals surface area contributed by atoms with Crippen molar-refractivity contribution < 1.29 is 9.59 Å². The van der Waals surface area contributed by atoms with Crippen molar-refractivity contribution in [1.82, 2.24) is 30.6 Å². The molecule has 0 aliphatic carbocycles. The zero-order valence-electron chi connectivity index (χ0n) is 21.3. The minimum Gasteiger partial charge on any atom is -0.338 e. The lowest BCUT2D eigenvalue weighted by atomic mass is 10.1. The maximum atomic E-state index is 12.1. The van der Waals surface area contributed by atoms with E-state index in [0.717, 1.165) is 58.9 Å². The fourth-order valence-corrected chi connectivity index (χ4v) is 3.97. The molecular weight excluding hydrogens is 456 g/mol. The molecule has 0 saturated carbocycles. The van der Waals surface area contributed by atoms with Gasteiger partial charge in [-0.25, -0.2) is 19.6 Å². The Labute approximate surface area is 210 Å². The van der Waals surface area contributed by atoms with Crippen LogP contribution in [0, 0.1) is 27.7 Å². The minimum absolute atomic E-state index is 0.281. The molecule has 36 heavy (non-hydrogen) atoms. The van der Waals surface area contributed by atoms with Crippen molar-refractivity contribution in [1.29, 1.82) is 0 Å². The number of aryl methyl sites for hydroxylation is 4. The lowest BCUT2D eigenvalue weighted by Crippen LogP contribution is -2.30. The first kappa shape index (κ1) is 25.0. The van der Waals surface area contributed by atoms with Crippen LogP contribution >= 0.6 is 0 Å². The summed E-state index contributed by atoms with van der Waals surface area (Å²) < 4.78 is 0. The second-order valence-corrected chi connectivity index (χ2v) is 9.25. The molecule has 6 N–H and O–H groups in total. The number of anilines is 2. The summed E-state index contributed by atoms with van der Waals surface area (Å²) in [5.74, 6) is 0.870. The van der Waals surface area contributed by atoms with Crippen LogP contribution in [-0.2, 0) is 0 Å². The normalized spacial score (nSPS) is 11.1. The van der Waals surface area contributed by atoms with Gasteiger partial charge in [0.15, 0.2) is 0 Å². The van der Waals surface area contributed by atoms with Gasteiger partial charge in [0.25, 0.3) is 0 Å². The molecule has 2 heterocycles. The van der Waals surface area contributed by atoms with Gasteiger partial charge in [0.1, 0.15) is 0 Å². The number of fused-ring (bicyclic) bond motifs is 2. The van der Waals surface area contributed by atoms with Gasteiger partial charge in [-0.1, -0.05) is 12.8 Å². The maximum Gasteiger partial charge on any atom is 0.321 e. The predicted octanol–water partition coefficient (Wildman–Crippen LogP) is 5.18. The van der Waals surface area contributed by atoms with E-state index < -0.39 is 0 Å². The summed E-state index contributed by atoms with van der Waals surface area (Å²) in [5.41, 5.74) is 8.15. The van der Waals surface area contributed by atoms with Crippen LogP contribution in [0.25, 0.3) is 22.1 Å². The monoisotopic (exact) mass is 490 g/mol. The quantitative estimate of drug-likeness (QED) is 0.180. The van der Waals surface area contributed by atoms with Crippen LogP contribution in [-0.4, -0.2) is 45.1 Å². The van der Waals surface area contributed by atoms with Crippen LogP contribution in [0.15, 0.2) is 24.3 Å². The van der Waals surface area contributed by atoms with Gasteiger partial charge in [-0.2, -0.15) is 0 Å². The molecule has 2 aromatic carbocycles. The SMILES string of the molecule is Cc1cc2nc(NC(=O)NCCCCCCNC(=O)Nc3nc4cc(C)c(C)cc4[nH]3)[nH]c2cc1C. The number of carbonyl (C=O) groups excluding carboxylic acids is 2. The highest BCUT2D eigenvalue weighted by atomic mass is 16.2. The first-order valence-electron chi connectivity index (χ1n) is 12.3. The van der Waals surface area contributed by atoms with Gasteiger partial charge >= 0.3 is 12.1 Å². The maximum absolute atomic E-state index is 12.1. The van der Waals surface area contributed by atoms with Crippen LogP contribution < -0.4 is 21.3 Å². The van der Waals surface area contributed by atoms with Gasteiger partial charge < -0.3 is 20.6 Å². The largest absolute Gasteiger partial charge is 0.338 e. The van der Waals surface area contributed by atoms with E-state index in [1.165, 1.54) is 11.1 Å². The molecule has 4 rings (SSSR count). The van der Waals surface area contributed by atoms with Gasteiger partial charge in [-0.15, -0.1) is 0 Å². The highest BCUT2D eigenvalue weighted by Gasteiger charge is 2.09. The van der Waals surface area contributed by atoms with Crippen molar-refractivity contribution in [2.24, 2.45) is 0 Å². The van der Waals surface area contributed by atoms with Gasteiger partial charge in [-0.05, 0) is 87.1 Å². The highest BCUT2D eigenvalue weighted by Crippen LogP contribution is 2.20. The van der Waals surface area contributed by atoms with Crippen LogP contribution in [0.5, 0.6) is 0 Å². The zero-order valence-corrected chi connectivity index (χ0v) is 21.3. The number of aromatic nitrogens is 4. The Morgan fingerprint density at radius 2 is 1.03 bits per heavy atom. The average Bonchev–Trinajstić information content (AvgIpc) is 3.38. The molecule has 0 radical (unpaired) electrons. The fraction of sp³-hybridized carbons (Fsp3) is 0.385. The number of unbranched alkanes of at least 4 members (excludes halogenated alkanes) is 3. The summed E-state index contributed by atoms with van der Waals surface area (Å²) in [7, 11) is 0. The van der Waals surface area contributed by atoms with Gasteiger partial charge in [0, 0.05) is 13.1 Å². The first-order chi connectivity index (χ1) is 17.3. The molecule has 0 atom stereocenters. The van der Waals surface area contributed by atoms with Crippen molar-refractivity contribution in [2.75, 3.05) is 23.7 Å². The molecule has 10 nitrogen and oxygen atoms in total. The molecule has 190 valence electrons. The molecule has 0 bridgehead atoms. The fourth-order valence-electron chi connectivity index (χ4n) is 3.97. The number of imidazole rings is 2. The van der Waals surface area contributed by atoms with Crippen LogP contribution in [0.4, 0.5) is 21.5 Å². The van der Waals surface area contributed by atoms with Crippen LogP contribution in [0.2, 0.25) is 0 Å². The van der Waals surface area contributed by atoms with E-state index in [4.69, 9.17) is 0 Å². The lowest BCUT2D eigenvalue weighted by Gasteiger charge is -2.07. The molecule has 0 unspecified atom stereocenters. The van der Waals surface area contributed by atoms with E-state index in [1.54, 1.807) is 0 Å². The summed E-state index contributed by atoms with van der Waals surface area (Å²) in [6.45, 7) is 9.32. The molecule has 0 fully saturated rings. The Balaban J connectivity index is 1.07. The molecule has 4 aromatic rings. The summed E-state index contributed by atoms with van der Waals surface area (Å²) in [6.07, 6.45) is 3.62. The number of benzene rings is 2. The minimum atomic E-state index is -0.281. The number of aromatic amines is 2. The van der Waals surface area contributed by atoms with E-state index in [1.807, 2.05) is 52.0 Å². The Kier molecular flexibility index (Phi) is 7.72. The van der Waals surface area contributed by atoms with Crippen LogP contribution in [0.3, 0.4) is 0 Å². The van der Waals surface area contributed by atoms with Crippen molar-refractivity contribution in [3.05, 3.63) is 46.5 Å². The number of rotatable bonds is 9. The Morgan fingerprint density at radius 3 is 1.44 bits per heavy atom. The van der Waals surface area contributed by atoms with Crippen LogP contribution in [0.1, 0.15) is 47.9 Å². The summed E-state index contributed by atoms with van der Waals surface area (Å²) >= 11 is 0. The predicted molar refractivity (Wildman–Crippen MR) is 144 cm³/mol. The standard InChI is InChI=1S/C26H34N8O2/c1-15-11-19-20(12-16(15)2)30-23(29-19)33-25(35)27-9-7-5-6-8-10-28-26(36)34-24-31-21-13-17(3)18(4)14-22(21)32-24/h11-14H,5-10H2,1-4H3,(H3,27,29,30,33,35)(H3,28,31,32,34,36). The molecule has 0 aliphatic rings. The van der Waals surface area contributed by atoms with Gasteiger partial charge in [0.2, 0.25) is 11.9 Å². The summed E-state index contributed by atoms with van der Waals surface area (Å²) in [6, 6.07) is 7.50. The van der Waals surface area contributed by atoms with Gasteiger partial charge in [0.05, 0.1) is 22.1 Å². The second kappa shape index (κ2) is 11.1. The number of nitrogens with one attached hydrogen (secondary N) is 6. The summed E-state index contributed by atoms with van der Waals surface area (Å²) in [5, 5.41) is 11.2. The highest BCUT2D eigenvalue weighted by molar-refractivity contribution is 5.90. The van der Waals surface area contributed by atoms with Crippen molar-refractivity contribution in [3.63, 3.8) is 0 Å². The smallest absolute Gasteiger partial charge is 0.321 e. The molecular formula is C26H34N8O2. The number of H-pyrrole nitrogens is 2.